The van der Waals surface area contributed by atoms with Gasteiger partial charge in [-0.1, -0.05) is 12.1 Å². The molecule has 0 atom stereocenters. The van der Waals surface area contributed by atoms with Crippen LogP contribution >= 0.6 is 0 Å². The van der Waals surface area contributed by atoms with E-state index >= 15 is 0 Å². The first-order valence-electron chi connectivity index (χ1n) is 8.03. The topological polar surface area (TPSA) is 60.3 Å². The van der Waals surface area contributed by atoms with Crippen molar-refractivity contribution in [2.45, 2.75) is 13.8 Å². The zero-order chi connectivity index (χ0) is 18.0. The van der Waals surface area contributed by atoms with Crippen molar-refractivity contribution in [3.63, 3.8) is 0 Å². The molecule has 0 aliphatic carbocycles. The predicted molar refractivity (Wildman–Crippen MR) is 99.2 cm³/mol. The molecule has 0 spiro atoms. The van der Waals surface area contributed by atoms with E-state index in [0.717, 1.165) is 16.8 Å². The van der Waals surface area contributed by atoms with Crippen molar-refractivity contribution in [3.05, 3.63) is 70.1 Å². The van der Waals surface area contributed by atoms with Crippen molar-refractivity contribution in [2.24, 2.45) is 7.05 Å². The fourth-order valence-corrected chi connectivity index (χ4v) is 2.86. The second kappa shape index (κ2) is 6.81. The highest BCUT2D eigenvalue weighted by atomic mass is 16.5. The third-order valence-electron chi connectivity index (χ3n) is 3.95. The average molecular weight is 336 g/mol. The summed E-state index contributed by atoms with van der Waals surface area (Å²) in [4.78, 5) is 24.3. The molecule has 2 aromatic carbocycles. The van der Waals surface area contributed by atoms with Gasteiger partial charge in [0.2, 0.25) is 0 Å². The molecule has 5 heteroatoms. The van der Waals surface area contributed by atoms with Crippen LogP contribution < -0.4 is 15.6 Å². The number of ether oxygens (including phenoxy) is 1. The highest BCUT2D eigenvalue weighted by molar-refractivity contribution is 5.93. The quantitative estimate of drug-likeness (QED) is 0.796. The Hall–Kier alpha value is -3.08. The summed E-state index contributed by atoms with van der Waals surface area (Å²) in [6.07, 6.45) is 1.69. The van der Waals surface area contributed by atoms with Gasteiger partial charge in [-0.15, -0.1) is 0 Å². The number of anilines is 1. The van der Waals surface area contributed by atoms with Crippen molar-refractivity contribution in [1.29, 1.82) is 0 Å². The smallest absolute Gasteiger partial charge is 0.262 e. The Bertz CT molecular complexity index is 985. The lowest BCUT2D eigenvalue weighted by atomic mass is 10.1. The van der Waals surface area contributed by atoms with Crippen LogP contribution in [-0.2, 0) is 11.8 Å². The Labute approximate surface area is 145 Å². The summed E-state index contributed by atoms with van der Waals surface area (Å²) in [5.41, 5.74) is 2.82. The molecule has 0 saturated heterocycles. The fourth-order valence-electron chi connectivity index (χ4n) is 2.86. The summed E-state index contributed by atoms with van der Waals surface area (Å²) in [5, 5.41) is 4.10. The van der Waals surface area contributed by atoms with E-state index in [0.29, 0.717) is 16.5 Å². The number of nitrogens with zero attached hydrogens (tertiary/aromatic N) is 1. The van der Waals surface area contributed by atoms with Gasteiger partial charge >= 0.3 is 0 Å². The highest BCUT2D eigenvalue weighted by Crippen LogP contribution is 2.23. The van der Waals surface area contributed by atoms with Crippen molar-refractivity contribution in [2.75, 3.05) is 11.9 Å². The van der Waals surface area contributed by atoms with Gasteiger partial charge in [-0.3, -0.25) is 9.59 Å². The van der Waals surface area contributed by atoms with E-state index in [1.165, 1.54) is 4.57 Å². The first kappa shape index (κ1) is 16.8. The van der Waals surface area contributed by atoms with Gasteiger partial charge in [-0.25, -0.2) is 0 Å². The summed E-state index contributed by atoms with van der Waals surface area (Å²) in [6.45, 7) is 3.84. The lowest BCUT2D eigenvalue weighted by Gasteiger charge is -2.11. The van der Waals surface area contributed by atoms with Gasteiger partial charge in [-0.05, 0) is 55.3 Å². The normalized spacial score (nSPS) is 10.7. The van der Waals surface area contributed by atoms with Crippen LogP contribution in [0.4, 0.5) is 5.69 Å². The lowest BCUT2D eigenvalue weighted by molar-refractivity contribution is -0.118. The molecule has 0 aliphatic heterocycles. The molecule has 0 saturated carbocycles. The number of pyridine rings is 1. The van der Waals surface area contributed by atoms with E-state index in [2.05, 4.69) is 5.32 Å². The number of nitrogens with one attached hydrogen (secondary N) is 1. The zero-order valence-electron chi connectivity index (χ0n) is 14.5. The van der Waals surface area contributed by atoms with Crippen LogP contribution in [0.15, 0.2) is 53.5 Å². The van der Waals surface area contributed by atoms with E-state index in [1.807, 2.05) is 38.1 Å². The van der Waals surface area contributed by atoms with Gasteiger partial charge in [0.25, 0.3) is 11.5 Å². The van der Waals surface area contributed by atoms with E-state index in [-0.39, 0.29) is 18.1 Å². The zero-order valence-corrected chi connectivity index (χ0v) is 14.5. The van der Waals surface area contributed by atoms with Crippen molar-refractivity contribution in [3.8, 4) is 5.75 Å². The summed E-state index contributed by atoms with van der Waals surface area (Å²) in [5.74, 6) is 0.275. The molecule has 128 valence electrons. The molecular weight excluding hydrogens is 316 g/mol. The molecule has 0 bridgehead atoms. The molecule has 1 heterocycles. The van der Waals surface area contributed by atoms with Gasteiger partial charge < -0.3 is 14.6 Å². The van der Waals surface area contributed by atoms with Crippen LogP contribution in [0.3, 0.4) is 0 Å². The Morgan fingerprint density at radius 1 is 1.08 bits per heavy atom. The van der Waals surface area contributed by atoms with Crippen LogP contribution in [-0.4, -0.2) is 17.1 Å². The number of fused-ring (bicyclic) bond motifs is 1. The minimum atomic E-state index is -0.245. The number of amides is 1. The molecule has 3 rings (SSSR count). The van der Waals surface area contributed by atoms with Crippen molar-refractivity contribution >= 4 is 22.4 Å². The number of benzene rings is 2. The maximum Gasteiger partial charge on any atom is 0.262 e. The monoisotopic (exact) mass is 336 g/mol. The Morgan fingerprint density at radius 3 is 2.52 bits per heavy atom. The molecular formula is C20H20N2O3. The maximum atomic E-state index is 12.2. The third kappa shape index (κ3) is 3.71. The summed E-state index contributed by atoms with van der Waals surface area (Å²) in [7, 11) is 1.70. The summed E-state index contributed by atoms with van der Waals surface area (Å²) < 4.78 is 7.16. The van der Waals surface area contributed by atoms with E-state index < -0.39 is 0 Å². The number of rotatable bonds is 4. The van der Waals surface area contributed by atoms with Crippen LogP contribution in [0.2, 0.25) is 0 Å². The second-order valence-corrected chi connectivity index (χ2v) is 6.16. The average Bonchev–Trinajstić information content (AvgIpc) is 2.55. The molecule has 3 aromatic rings. The third-order valence-corrected chi connectivity index (χ3v) is 3.95. The predicted octanol–water partition coefficient (Wildman–Crippen LogP) is 3.17. The standard InChI is InChI=1S/C20H20N2O3/c1-13-9-14(2)11-15(10-13)21-19(23)12-25-18-6-4-5-17-16(18)7-8-22(3)20(17)24/h4-11H,12H2,1-3H3,(H,21,23). The van der Waals surface area contributed by atoms with Gasteiger partial charge in [0.05, 0.1) is 5.39 Å². The number of aryl methyl sites for hydroxylation is 3. The molecule has 25 heavy (non-hydrogen) atoms. The first-order valence-corrected chi connectivity index (χ1v) is 8.03. The van der Waals surface area contributed by atoms with E-state index in [9.17, 15) is 9.59 Å². The number of hydrogen-bond acceptors (Lipinski definition) is 3. The molecule has 5 nitrogen and oxygen atoms in total. The van der Waals surface area contributed by atoms with Crippen LogP contribution in [0.25, 0.3) is 10.8 Å². The molecule has 0 fully saturated rings. The number of carbonyl (C=O) groups excluding carboxylic acids is 1. The second-order valence-electron chi connectivity index (χ2n) is 6.16. The summed E-state index contributed by atoms with van der Waals surface area (Å²) >= 11 is 0. The summed E-state index contributed by atoms with van der Waals surface area (Å²) in [6, 6.07) is 12.9. The van der Waals surface area contributed by atoms with Gasteiger partial charge in [0.1, 0.15) is 5.75 Å². The van der Waals surface area contributed by atoms with Gasteiger partial charge in [-0.2, -0.15) is 0 Å². The Balaban J connectivity index is 1.75. The van der Waals surface area contributed by atoms with E-state index in [1.54, 1.807) is 31.4 Å². The minimum Gasteiger partial charge on any atom is -0.483 e. The van der Waals surface area contributed by atoms with E-state index in [4.69, 9.17) is 4.74 Å². The Kier molecular flexibility index (Phi) is 4.57. The van der Waals surface area contributed by atoms with Crippen LogP contribution in [0.1, 0.15) is 11.1 Å². The van der Waals surface area contributed by atoms with Crippen LogP contribution in [0.5, 0.6) is 5.75 Å². The SMILES string of the molecule is Cc1cc(C)cc(NC(=O)COc2cccc3c(=O)n(C)ccc23)c1. The van der Waals surface area contributed by atoms with Crippen molar-refractivity contribution in [1.82, 2.24) is 4.57 Å². The minimum absolute atomic E-state index is 0.0948. The number of aromatic nitrogens is 1. The number of hydrogen-bond donors (Lipinski definition) is 1. The van der Waals surface area contributed by atoms with Gasteiger partial charge in [0, 0.05) is 24.3 Å². The highest BCUT2D eigenvalue weighted by Gasteiger charge is 2.09. The number of carbonyl (C=O) groups is 1. The molecule has 0 unspecified atom stereocenters. The molecule has 1 N–H and O–H groups in total. The largest absolute Gasteiger partial charge is 0.483 e. The Morgan fingerprint density at radius 2 is 1.80 bits per heavy atom. The fraction of sp³-hybridized carbons (Fsp3) is 0.200. The molecule has 1 amide bonds. The van der Waals surface area contributed by atoms with Crippen LogP contribution in [0, 0.1) is 13.8 Å². The molecule has 0 radical (unpaired) electrons. The first-order chi connectivity index (χ1) is 11.9. The van der Waals surface area contributed by atoms with Gasteiger partial charge in [0.15, 0.2) is 6.61 Å². The molecule has 0 aliphatic rings. The molecule has 1 aromatic heterocycles. The maximum absolute atomic E-state index is 12.2. The van der Waals surface area contributed by atoms with Crippen molar-refractivity contribution < 1.29 is 9.53 Å². The lowest BCUT2D eigenvalue weighted by Crippen LogP contribution is -2.21.